The summed E-state index contributed by atoms with van der Waals surface area (Å²) in [5.41, 5.74) is 0.457. The van der Waals surface area contributed by atoms with Crippen molar-refractivity contribution >= 4 is 22.0 Å². The highest BCUT2D eigenvalue weighted by Crippen LogP contribution is 2.19. The molecule has 20 heavy (non-hydrogen) atoms. The van der Waals surface area contributed by atoms with Crippen LogP contribution in [0.1, 0.15) is 32.5 Å². The van der Waals surface area contributed by atoms with E-state index in [1.807, 2.05) is 39.0 Å². The van der Waals surface area contributed by atoms with Crippen LogP contribution in [0.4, 0.5) is 4.79 Å². The van der Waals surface area contributed by atoms with Crippen molar-refractivity contribution in [1.82, 2.24) is 15.2 Å². The number of carbonyl (C=O) groups excluding carboxylic acids is 1. The molecule has 1 N–H and O–H groups in total. The van der Waals surface area contributed by atoms with E-state index >= 15 is 0 Å². The topological polar surface area (TPSA) is 54.5 Å². The number of hydrogen-bond donors (Lipinski definition) is 1. The molecule has 1 aromatic rings. The molecule has 2 heterocycles. The number of rotatable bonds is 1. The van der Waals surface area contributed by atoms with Gasteiger partial charge >= 0.3 is 6.09 Å². The molecule has 0 radical (unpaired) electrons. The molecule has 1 atom stereocenters. The Hall–Kier alpha value is -1.14. The van der Waals surface area contributed by atoms with Gasteiger partial charge in [-0.05, 0) is 48.8 Å². The first kappa shape index (κ1) is 15.3. The van der Waals surface area contributed by atoms with Crippen LogP contribution in [-0.2, 0) is 4.74 Å². The second-order valence-electron chi connectivity index (χ2n) is 5.82. The molecule has 110 valence electrons. The van der Waals surface area contributed by atoms with Crippen molar-refractivity contribution in [2.75, 3.05) is 19.6 Å². The first-order valence-corrected chi connectivity index (χ1v) is 7.48. The molecule has 5 nitrogen and oxygen atoms in total. The molecule has 2 rings (SSSR count). The molecule has 0 bridgehead atoms. The van der Waals surface area contributed by atoms with Gasteiger partial charge in [0.2, 0.25) is 0 Å². The number of carbonyl (C=O) groups is 1. The highest BCUT2D eigenvalue weighted by atomic mass is 79.9. The summed E-state index contributed by atoms with van der Waals surface area (Å²) in [5.74, 6) is 0. The van der Waals surface area contributed by atoms with Gasteiger partial charge in [-0.3, -0.25) is 0 Å². The van der Waals surface area contributed by atoms with E-state index in [1.54, 1.807) is 4.90 Å². The first-order chi connectivity index (χ1) is 9.35. The van der Waals surface area contributed by atoms with Gasteiger partial charge in [-0.2, -0.15) is 0 Å². The quantitative estimate of drug-likeness (QED) is 0.798. The molecule has 1 fully saturated rings. The van der Waals surface area contributed by atoms with Crippen LogP contribution in [0.25, 0.3) is 0 Å². The number of pyridine rings is 1. The average molecular weight is 342 g/mol. The van der Waals surface area contributed by atoms with Crippen LogP contribution in [-0.4, -0.2) is 41.2 Å². The van der Waals surface area contributed by atoms with Gasteiger partial charge in [0, 0.05) is 19.6 Å². The molecule has 0 spiro atoms. The molecule has 0 saturated carbocycles. The second kappa shape index (κ2) is 6.10. The third kappa shape index (κ3) is 4.18. The highest BCUT2D eigenvalue weighted by Gasteiger charge is 2.28. The number of nitrogens with one attached hydrogen (secondary N) is 1. The number of aromatic nitrogens is 1. The molecule has 1 aliphatic heterocycles. The lowest BCUT2D eigenvalue weighted by Crippen LogP contribution is -2.49. The van der Waals surface area contributed by atoms with Crippen LogP contribution in [0.2, 0.25) is 0 Å². The predicted molar refractivity (Wildman–Crippen MR) is 80.5 cm³/mol. The van der Waals surface area contributed by atoms with Gasteiger partial charge in [0.25, 0.3) is 0 Å². The summed E-state index contributed by atoms with van der Waals surface area (Å²) in [7, 11) is 0. The van der Waals surface area contributed by atoms with Gasteiger partial charge in [0.1, 0.15) is 10.2 Å². The van der Waals surface area contributed by atoms with E-state index in [4.69, 9.17) is 4.74 Å². The lowest BCUT2D eigenvalue weighted by molar-refractivity contribution is 0.0194. The van der Waals surface area contributed by atoms with Crippen molar-refractivity contribution in [3.05, 3.63) is 28.5 Å². The maximum Gasteiger partial charge on any atom is 0.410 e. The van der Waals surface area contributed by atoms with Crippen LogP contribution < -0.4 is 5.32 Å². The van der Waals surface area contributed by atoms with Crippen molar-refractivity contribution in [3.63, 3.8) is 0 Å². The first-order valence-electron chi connectivity index (χ1n) is 6.69. The third-order valence-corrected chi connectivity index (χ3v) is 3.36. The minimum atomic E-state index is -0.467. The molecular weight excluding hydrogens is 322 g/mol. The number of halogens is 1. The van der Waals surface area contributed by atoms with Crippen molar-refractivity contribution in [2.24, 2.45) is 0 Å². The maximum atomic E-state index is 12.1. The summed E-state index contributed by atoms with van der Waals surface area (Å²) >= 11 is 3.37. The minimum absolute atomic E-state index is 0.0359. The van der Waals surface area contributed by atoms with Crippen LogP contribution in [0, 0.1) is 0 Å². The zero-order chi connectivity index (χ0) is 14.8. The van der Waals surface area contributed by atoms with Gasteiger partial charge in [0.15, 0.2) is 0 Å². The molecule has 0 aliphatic carbocycles. The summed E-state index contributed by atoms with van der Waals surface area (Å²) in [5, 5.41) is 3.38. The zero-order valence-electron chi connectivity index (χ0n) is 12.0. The van der Waals surface area contributed by atoms with E-state index in [9.17, 15) is 4.79 Å². The van der Waals surface area contributed by atoms with Gasteiger partial charge in [-0.1, -0.05) is 6.07 Å². The zero-order valence-corrected chi connectivity index (χ0v) is 13.6. The Balaban J connectivity index is 2.03. The second-order valence-corrected chi connectivity index (χ2v) is 6.63. The summed E-state index contributed by atoms with van der Waals surface area (Å²) < 4.78 is 6.21. The van der Waals surface area contributed by atoms with Gasteiger partial charge in [-0.15, -0.1) is 0 Å². The van der Waals surface area contributed by atoms with E-state index in [0.29, 0.717) is 13.1 Å². The average Bonchev–Trinajstić information content (AvgIpc) is 2.37. The van der Waals surface area contributed by atoms with Crippen molar-refractivity contribution < 1.29 is 9.53 Å². The van der Waals surface area contributed by atoms with Gasteiger partial charge in [-0.25, -0.2) is 9.78 Å². The lowest BCUT2D eigenvalue weighted by Gasteiger charge is -2.34. The standard InChI is InChI=1S/C14H20BrN3O2/c1-14(2,3)20-13(19)18-8-7-16-11(9-18)10-5-4-6-12(15)17-10/h4-6,11,16H,7-9H2,1-3H3. The Morgan fingerprint density at radius 2 is 2.25 bits per heavy atom. The van der Waals surface area contributed by atoms with E-state index in [0.717, 1.165) is 16.8 Å². The predicted octanol–water partition coefficient (Wildman–Crippen LogP) is 2.73. The number of piperazine rings is 1. The molecular formula is C14H20BrN3O2. The van der Waals surface area contributed by atoms with E-state index in [-0.39, 0.29) is 12.1 Å². The fourth-order valence-corrected chi connectivity index (χ4v) is 2.42. The Kier molecular flexibility index (Phi) is 4.65. The molecule has 1 aliphatic rings. The summed E-state index contributed by atoms with van der Waals surface area (Å²) in [6, 6.07) is 5.83. The Morgan fingerprint density at radius 3 is 2.90 bits per heavy atom. The van der Waals surface area contributed by atoms with Crippen molar-refractivity contribution in [2.45, 2.75) is 32.4 Å². The van der Waals surface area contributed by atoms with Crippen LogP contribution in [0.3, 0.4) is 0 Å². The molecule has 0 aromatic carbocycles. The number of hydrogen-bond acceptors (Lipinski definition) is 4. The fourth-order valence-electron chi connectivity index (χ4n) is 2.06. The maximum absolute atomic E-state index is 12.1. The van der Waals surface area contributed by atoms with Crippen LogP contribution >= 0.6 is 15.9 Å². The fraction of sp³-hybridized carbons (Fsp3) is 0.571. The summed E-state index contributed by atoms with van der Waals surface area (Å²) in [6.45, 7) is 7.58. The van der Waals surface area contributed by atoms with Crippen LogP contribution in [0.5, 0.6) is 0 Å². The highest BCUT2D eigenvalue weighted by molar-refractivity contribution is 9.10. The van der Waals surface area contributed by atoms with E-state index < -0.39 is 5.60 Å². The summed E-state index contributed by atoms with van der Waals surface area (Å²) in [4.78, 5) is 18.3. The number of nitrogens with zero attached hydrogens (tertiary/aromatic N) is 2. The smallest absolute Gasteiger partial charge is 0.410 e. The largest absolute Gasteiger partial charge is 0.444 e. The summed E-state index contributed by atoms with van der Waals surface area (Å²) in [6.07, 6.45) is -0.265. The SMILES string of the molecule is CC(C)(C)OC(=O)N1CCNC(c2cccc(Br)n2)C1. The number of amides is 1. The van der Waals surface area contributed by atoms with Gasteiger partial charge < -0.3 is 15.0 Å². The normalized spacial score (nSPS) is 19.8. The molecule has 6 heteroatoms. The minimum Gasteiger partial charge on any atom is -0.444 e. The van der Waals surface area contributed by atoms with E-state index in [2.05, 4.69) is 26.2 Å². The van der Waals surface area contributed by atoms with Gasteiger partial charge in [0.05, 0.1) is 11.7 Å². The molecule has 1 unspecified atom stereocenters. The van der Waals surface area contributed by atoms with Crippen molar-refractivity contribution in [3.8, 4) is 0 Å². The van der Waals surface area contributed by atoms with Crippen LogP contribution in [0.15, 0.2) is 22.8 Å². The molecule has 1 amide bonds. The third-order valence-electron chi connectivity index (χ3n) is 2.92. The number of ether oxygens (including phenoxy) is 1. The van der Waals surface area contributed by atoms with E-state index in [1.165, 1.54) is 0 Å². The lowest BCUT2D eigenvalue weighted by atomic mass is 10.1. The molecule has 1 saturated heterocycles. The Labute approximate surface area is 127 Å². The molecule has 1 aromatic heterocycles. The van der Waals surface area contributed by atoms with Crippen molar-refractivity contribution in [1.29, 1.82) is 0 Å². The Morgan fingerprint density at radius 1 is 1.50 bits per heavy atom. The Bertz CT molecular complexity index is 488. The monoisotopic (exact) mass is 341 g/mol.